The summed E-state index contributed by atoms with van der Waals surface area (Å²) in [5.41, 5.74) is 5.78. The fraction of sp³-hybridized carbons (Fsp3) is 0.929. The largest absolute Gasteiger partial charge is 0.339 e. The maximum atomic E-state index is 12.6. The minimum absolute atomic E-state index is 0.222. The van der Waals surface area contributed by atoms with Crippen molar-refractivity contribution < 1.29 is 4.79 Å². The number of carbonyl (C=O) groups is 1. The summed E-state index contributed by atoms with van der Waals surface area (Å²) in [6, 6.07) is 0.545. The summed E-state index contributed by atoms with van der Waals surface area (Å²) in [6.07, 6.45) is 5.80. The lowest BCUT2D eigenvalue weighted by Gasteiger charge is -2.29. The number of nitrogens with two attached hydrogens (primary N) is 1. The molecule has 0 bridgehead atoms. The smallest absolute Gasteiger partial charge is 0.226 e. The molecule has 0 heterocycles. The van der Waals surface area contributed by atoms with E-state index in [0.717, 1.165) is 19.4 Å². The summed E-state index contributed by atoms with van der Waals surface area (Å²) in [5, 5.41) is 0. The molecule has 2 N–H and O–H groups in total. The average Bonchev–Trinajstić information content (AvgIpc) is 3.02. The third kappa shape index (κ3) is 3.01. The Morgan fingerprint density at radius 1 is 1.29 bits per heavy atom. The molecular formula is C14H26N2O. The summed E-state index contributed by atoms with van der Waals surface area (Å²) >= 11 is 0. The van der Waals surface area contributed by atoms with E-state index in [1.807, 2.05) is 0 Å². The maximum absolute atomic E-state index is 12.6. The first-order valence-corrected chi connectivity index (χ1v) is 7.14. The molecule has 3 nitrogen and oxygen atoms in total. The Balaban J connectivity index is 2.00. The Labute approximate surface area is 105 Å². The Kier molecular flexibility index (Phi) is 4.08. The number of carbonyl (C=O) groups excluding carboxylic acids is 1. The van der Waals surface area contributed by atoms with E-state index in [-0.39, 0.29) is 5.92 Å². The minimum Gasteiger partial charge on any atom is -0.339 e. The van der Waals surface area contributed by atoms with Crippen molar-refractivity contribution in [2.45, 2.75) is 52.0 Å². The Morgan fingerprint density at radius 3 is 2.53 bits per heavy atom. The van der Waals surface area contributed by atoms with Gasteiger partial charge < -0.3 is 10.6 Å². The predicted octanol–water partition coefficient (Wildman–Crippen LogP) is 2.01. The molecular weight excluding hydrogens is 212 g/mol. The standard InChI is InChI=1S/C14H26N2O/c1-10(2)9-16(12-6-7-12)14(17)13-5-3-4-11(13)8-15/h10-13H,3-9,15H2,1-2H3/t11-,13-/m1/s1. The third-order valence-corrected chi connectivity index (χ3v) is 4.11. The highest BCUT2D eigenvalue weighted by Crippen LogP contribution is 2.36. The highest BCUT2D eigenvalue weighted by atomic mass is 16.2. The number of rotatable bonds is 5. The monoisotopic (exact) mass is 238 g/mol. The van der Waals surface area contributed by atoms with Crippen LogP contribution in [-0.2, 0) is 4.79 Å². The van der Waals surface area contributed by atoms with E-state index >= 15 is 0 Å². The van der Waals surface area contributed by atoms with Gasteiger partial charge in [0, 0.05) is 18.5 Å². The van der Waals surface area contributed by atoms with Gasteiger partial charge in [0.05, 0.1) is 0 Å². The van der Waals surface area contributed by atoms with Crippen LogP contribution in [0, 0.1) is 17.8 Å². The lowest BCUT2D eigenvalue weighted by Crippen LogP contribution is -2.42. The number of hydrogen-bond donors (Lipinski definition) is 1. The second-order valence-electron chi connectivity index (χ2n) is 6.15. The Morgan fingerprint density at radius 2 is 2.00 bits per heavy atom. The zero-order chi connectivity index (χ0) is 12.4. The fourth-order valence-electron chi connectivity index (χ4n) is 3.06. The van der Waals surface area contributed by atoms with Gasteiger partial charge in [-0.1, -0.05) is 20.3 Å². The summed E-state index contributed by atoms with van der Waals surface area (Å²) in [7, 11) is 0. The number of nitrogens with zero attached hydrogens (tertiary/aromatic N) is 1. The second-order valence-corrected chi connectivity index (χ2v) is 6.15. The molecule has 2 aliphatic carbocycles. The Hall–Kier alpha value is -0.570. The van der Waals surface area contributed by atoms with E-state index in [0.29, 0.717) is 30.3 Å². The van der Waals surface area contributed by atoms with Crippen molar-refractivity contribution in [3.63, 3.8) is 0 Å². The molecule has 3 heteroatoms. The highest BCUT2D eigenvalue weighted by Gasteiger charge is 2.40. The van der Waals surface area contributed by atoms with Gasteiger partial charge in [0.15, 0.2) is 0 Å². The molecule has 98 valence electrons. The first kappa shape index (κ1) is 12.9. The molecule has 0 aromatic carbocycles. The average molecular weight is 238 g/mol. The van der Waals surface area contributed by atoms with Crippen LogP contribution in [0.2, 0.25) is 0 Å². The van der Waals surface area contributed by atoms with Gasteiger partial charge in [-0.3, -0.25) is 4.79 Å². The van der Waals surface area contributed by atoms with Crippen LogP contribution in [0.4, 0.5) is 0 Å². The molecule has 0 spiro atoms. The van der Waals surface area contributed by atoms with Gasteiger partial charge in [-0.05, 0) is 44.1 Å². The summed E-state index contributed by atoms with van der Waals surface area (Å²) in [5.74, 6) is 1.63. The van der Waals surface area contributed by atoms with E-state index in [1.165, 1.54) is 19.3 Å². The van der Waals surface area contributed by atoms with Gasteiger partial charge in [0.25, 0.3) is 0 Å². The summed E-state index contributed by atoms with van der Waals surface area (Å²) in [6.45, 7) is 5.99. The lowest BCUT2D eigenvalue weighted by atomic mass is 9.94. The van der Waals surface area contributed by atoms with Crippen molar-refractivity contribution in [2.75, 3.05) is 13.1 Å². The molecule has 0 aromatic heterocycles. The zero-order valence-electron chi connectivity index (χ0n) is 11.2. The van der Waals surface area contributed by atoms with E-state index < -0.39 is 0 Å². The van der Waals surface area contributed by atoms with E-state index in [4.69, 9.17) is 5.73 Å². The van der Waals surface area contributed by atoms with Gasteiger partial charge in [0.2, 0.25) is 5.91 Å². The van der Waals surface area contributed by atoms with E-state index in [9.17, 15) is 4.79 Å². The molecule has 0 radical (unpaired) electrons. The van der Waals surface area contributed by atoms with Gasteiger partial charge >= 0.3 is 0 Å². The molecule has 0 saturated heterocycles. The molecule has 2 aliphatic rings. The molecule has 0 aliphatic heterocycles. The zero-order valence-corrected chi connectivity index (χ0v) is 11.2. The molecule has 17 heavy (non-hydrogen) atoms. The predicted molar refractivity (Wildman–Crippen MR) is 69.5 cm³/mol. The lowest BCUT2D eigenvalue weighted by molar-refractivity contribution is -0.137. The van der Waals surface area contributed by atoms with E-state index in [2.05, 4.69) is 18.7 Å². The van der Waals surface area contributed by atoms with Crippen molar-refractivity contribution in [1.82, 2.24) is 4.90 Å². The minimum atomic E-state index is 0.222. The normalized spacial score (nSPS) is 28.7. The first-order valence-electron chi connectivity index (χ1n) is 7.14. The van der Waals surface area contributed by atoms with Gasteiger partial charge in [-0.2, -0.15) is 0 Å². The SMILES string of the molecule is CC(C)CN(C(=O)[C@@H]1CCC[C@@H]1CN)C1CC1. The second kappa shape index (κ2) is 5.38. The van der Waals surface area contributed by atoms with Crippen LogP contribution in [0.25, 0.3) is 0 Å². The van der Waals surface area contributed by atoms with Crippen molar-refractivity contribution in [1.29, 1.82) is 0 Å². The van der Waals surface area contributed by atoms with E-state index in [1.54, 1.807) is 0 Å². The van der Waals surface area contributed by atoms with Crippen LogP contribution >= 0.6 is 0 Å². The maximum Gasteiger partial charge on any atom is 0.226 e. The van der Waals surface area contributed by atoms with Gasteiger partial charge in [-0.25, -0.2) is 0 Å². The molecule has 2 fully saturated rings. The molecule has 0 unspecified atom stereocenters. The van der Waals surface area contributed by atoms with Gasteiger partial charge in [0.1, 0.15) is 0 Å². The van der Waals surface area contributed by atoms with Crippen molar-refractivity contribution in [3.8, 4) is 0 Å². The number of hydrogen-bond acceptors (Lipinski definition) is 2. The number of amides is 1. The molecule has 0 aromatic rings. The first-order chi connectivity index (χ1) is 8.13. The van der Waals surface area contributed by atoms with Crippen LogP contribution < -0.4 is 5.73 Å². The van der Waals surface area contributed by atoms with Gasteiger partial charge in [-0.15, -0.1) is 0 Å². The topological polar surface area (TPSA) is 46.3 Å². The van der Waals surface area contributed by atoms with Crippen LogP contribution in [-0.4, -0.2) is 29.9 Å². The third-order valence-electron chi connectivity index (χ3n) is 4.11. The van der Waals surface area contributed by atoms with Crippen LogP contribution in [0.15, 0.2) is 0 Å². The summed E-state index contributed by atoms with van der Waals surface area (Å²) < 4.78 is 0. The summed E-state index contributed by atoms with van der Waals surface area (Å²) in [4.78, 5) is 14.8. The van der Waals surface area contributed by atoms with Crippen molar-refractivity contribution in [2.24, 2.45) is 23.5 Å². The highest BCUT2D eigenvalue weighted by molar-refractivity contribution is 5.80. The Bertz CT molecular complexity index is 273. The van der Waals surface area contributed by atoms with Crippen LogP contribution in [0.5, 0.6) is 0 Å². The van der Waals surface area contributed by atoms with Crippen molar-refractivity contribution >= 4 is 5.91 Å². The molecule has 1 amide bonds. The van der Waals surface area contributed by atoms with Crippen LogP contribution in [0.1, 0.15) is 46.0 Å². The molecule has 2 atom stereocenters. The quantitative estimate of drug-likeness (QED) is 0.796. The molecule has 2 saturated carbocycles. The molecule has 2 rings (SSSR count). The van der Waals surface area contributed by atoms with Crippen molar-refractivity contribution in [3.05, 3.63) is 0 Å². The van der Waals surface area contributed by atoms with Crippen LogP contribution in [0.3, 0.4) is 0 Å². The fourth-order valence-corrected chi connectivity index (χ4v) is 3.06.